The Morgan fingerprint density at radius 2 is 1.66 bits per heavy atom. The Morgan fingerprint density at radius 1 is 1.06 bits per heavy atom. The van der Waals surface area contributed by atoms with E-state index in [4.69, 9.17) is 4.74 Å². The molecule has 0 atom stereocenters. The molecule has 1 fully saturated rings. The van der Waals surface area contributed by atoms with Crippen LogP contribution >= 0.6 is 0 Å². The third-order valence-corrected chi connectivity index (χ3v) is 5.43. The van der Waals surface area contributed by atoms with E-state index in [-0.39, 0.29) is 30.2 Å². The highest BCUT2D eigenvalue weighted by Crippen LogP contribution is 2.20. The van der Waals surface area contributed by atoms with Gasteiger partial charge in [0.2, 0.25) is 0 Å². The molecule has 2 aromatic rings. The second kappa shape index (κ2) is 10.7. The van der Waals surface area contributed by atoms with Gasteiger partial charge in [0.1, 0.15) is 11.6 Å². The maximum absolute atomic E-state index is 13.3. The highest BCUT2D eigenvalue weighted by atomic mass is 19.4. The van der Waals surface area contributed by atoms with Crippen molar-refractivity contribution in [2.24, 2.45) is 0 Å². The zero-order valence-corrected chi connectivity index (χ0v) is 17.9. The van der Waals surface area contributed by atoms with Crippen molar-refractivity contribution in [2.75, 3.05) is 26.7 Å². The molecule has 0 saturated carbocycles. The Labute approximate surface area is 185 Å². The van der Waals surface area contributed by atoms with Gasteiger partial charge < -0.3 is 19.9 Å². The summed E-state index contributed by atoms with van der Waals surface area (Å²) in [6.45, 7) is 1.02. The van der Waals surface area contributed by atoms with E-state index in [0.717, 1.165) is 37.1 Å². The number of nitrogens with zero attached hydrogens (tertiary/aromatic N) is 2. The highest BCUT2D eigenvalue weighted by Gasteiger charge is 2.29. The lowest BCUT2D eigenvalue weighted by molar-refractivity contribution is -0.153. The molecule has 9 heteroatoms. The van der Waals surface area contributed by atoms with Gasteiger partial charge in [-0.2, -0.15) is 13.2 Å². The summed E-state index contributed by atoms with van der Waals surface area (Å²) in [5, 5.41) is 2.89. The zero-order chi connectivity index (χ0) is 23.1. The van der Waals surface area contributed by atoms with Crippen LogP contribution in [0.25, 0.3) is 0 Å². The molecule has 0 unspecified atom stereocenters. The number of amides is 2. The van der Waals surface area contributed by atoms with Crippen molar-refractivity contribution in [3.8, 4) is 5.75 Å². The number of alkyl halides is 3. The summed E-state index contributed by atoms with van der Waals surface area (Å²) >= 11 is 0. The largest absolute Gasteiger partial charge is 0.484 e. The molecule has 0 bridgehead atoms. The number of ether oxygens (including phenoxy) is 1. The number of nitrogens with one attached hydrogen (secondary N) is 1. The van der Waals surface area contributed by atoms with Gasteiger partial charge in [-0.1, -0.05) is 24.3 Å². The predicted octanol–water partition coefficient (Wildman–Crippen LogP) is 4.57. The fourth-order valence-corrected chi connectivity index (χ4v) is 3.61. The predicted molar refractivity (Wildman–Crippen MR) is 113 cm³/mol. The molecule has 0 spiro atoms. The lowest BCUT2D eigenvalue weighted by atomic mass is 10.0. The fraction of sp³-hybridized carbons (Fsp3) is 0.435. The summed E-state index contributed by atoms with van der Waals surface area (Å²) in [6, 6.07) is 12.0. The SMILES string of the molecule is CN1CCC(N(Cc2ccc(F)cc2)C(=O)NCc2ccc(OCC(F)(F)F)cc2)CC1. The second-order valence-corrected chi connectivity index (χ2v) is 8.00. The molecule has 0 aliphatic carbocycles. The standard InChI is InChI=1S/C23H27F4N3O2/c1-29-12-10-20(11-13-29)30(15-18-2-6-19(24)7-3-18)22(31)28-14-17-4-8-21(9-5-17)32-16-23(25,26)27/h2-9,20H,10-16H2,1H3,(H,28,31). The summed E-state index contributed by atoms with van der Waals surface area (Å²) in [5.41, 5.74) is 1.58. The smallest absolute Gasteiger partial charge is 0.422 e. The number of likely N-dealkylation sites (tertiary alicyclic amines) is 1. The summed E-state index contributed by atoms with van der Waals surface area (Å²) in [4.78, 5) is 17.0. The van der Waals surface area contributed by atoms with Crippen LogP contribution < -0.4 is 10.1 Å². The van der Waals surface area contributed by atoms with E-state index in [9.17, 15) is 22.4 Å². The Bertz CT molecular complexity index is 864. The van der Waals surface area contributed by atoms with E-state index in [1.165, 1.54) is 24.3 Å². The van der Waals surface area contributed by atoms with Crippen LogP contribution in [0.5, 0.6) is 5.75 Å². The molecule has 1 aliphatic rings. The van der Waals surface area contributed by atoms with Crippen molar-refractivity contribution in [3.05, 3.63) is 65.5 Å². The first kappa shape index (κ1) is 23.8. The molecular weight excluding hydrogens is 426 g/mol. The first-order chi connectivity index (χ1) is 15.2. The van der Waals surface area contributed by atoms with Crippen LogP contribution in [0, 0.1) is 5.82 Å². The second-order valence-electron chi connectivity index (χ2n) is 8.00. The molecule has 5 nitrogen and oxygen atoms in total. The monoisotopic (exact) mass is 453 g/mol. The Hall–Kier alpha value is -2.81. The zero-order valence-electron chi connectivity index (χ0n) is 17.9. The molecule has 2 aromatic carbocycles. The van der Waals surface area contributed by atoms with Crippen molar-refractivity contribution in [3.63, 3.8) is 0 Å². The lowest BCUT2D eigenvalue weighted by Crippen LogP contribution is -2.49. The van der Waals surface area contributed by atoms with E-state index in [1.807, 2.05) is 7.05 Å². The molecule has 32 heavy (non-hydrogen) atoms. The third-order valence-electron chi connectivity index (χ3n) is 5.43. The molecule has 1 aliphatic heterocycles. The van der Waals surface area contributed by atoms with Crippen molar-refractivity contribution in [1.29, 1.82) is 0 Å². The van der Waals surface area contributed by atoms with Gasteiger partial charge in [-0.15, -0.1) is 0 Å². The van der Waals surface area contributed by atoms with Crippen LogP contribution in [0.2, 0.25) is 0 Å². The van der Waals surface area contributed by atoms with Gasteiger partial charge in [0.05, 0.1) is 0 Å². The minimum atomic E-state index is -4.39. The number of carbonyl (C=O) groups is 1. The molecule has 3 rings (SSSR count). The van der Waals surface area contributed by atoms with E-state index in [1.54, 1.807) is 29.2 Å². The number of hydrogen-bond acceptors (Lipinski definition) is 3. The molecular formula is C23H27F4N3O2. The molecule has 1 N–H and O–H groups in total. The molecule has 2 amide bonds. The van der Waals surface area contributed by atoms with Crippen molar-refractivity contribution in [2.45, 2.75) is 38.1 Å². The number of carbonyl (C=O) groups excluding carboxylic acids is 1. The van der Waals surface area contributed by atoms with Crippen LogP contribution in [0.15, 0.2) is 48.5 Å². The van der Waals surface area contributed by atoms with E-state index in [2.05, 4.69) is 10.2 Å². The van der Waals surface area contributed by atoms with Crippen LogP contribution in [0.3, 0.4) is 0 Å². The van der Waals surface area contributed by atoms with Crippen LogP contribution in [0.1, 0.15) is 24.0 Å². The maximum Gasteiger partial charge on any atom is 0.422 e. The van der Waals surface area contributed by atoms with Gasteiger partial charge >= 0.3 is 12.2 Å². The summed E-state index contributed by atoms with van der Waals surface area (Å²) in [6.07, 6.45) is -2.71. The van der Waals surface area contributed by atoms with Gasteiger partial charge in [-0.05, 0) is 68.4 Å². The fourth-order valence-electron chi connectivity index (χ4n) is 3.61. The first-order valence-corrected chi connectivity index (χ1v) is 10.5. The third kappa shape index (κ3) is 7.40. The van der Waals surface area contributed by atoms with Crippen molar-refractivity contribution >= 4 is 6.03 Å². The quantitative estimate of drug-likeness (QED) is 0.625. The van der Waals surface area contributed by atoms with Gasteiger partial charge in [0.15, 0.2) is 6.61 Å². The van der Waals surface area contributed by atoms with Crippen molar-refractivity contribution < 1.29 is 27.1 Å². The summed E-state index contributed by atoms with van der Waals surface area (Å²) in [5.74, 6) is -0.214. The summed E-state index contributed by atoms with van der Waals surface area (Å²) < 4.78 is 54.7. The van der Waals surface area contributed by atoms with E-state index < -0.39 is 12.8 Å². The Kier molecular flexibility index (Phi) is 7.95. The Morgan fingerprint density at radius 3 is 2.25 bits per heavy atom. The number of piperidine rings is 1. The van der Waals surface area contributed by atoms with Gasteiger partial charge in [-0.3, -0.25) is 0 Å². The summed E-state index contributed by atoms with van der Waals surface area (Å²) in [7, 11) is 2.04. The molecule has 1 heterocycles. The highest BCUT2D eigenvalue weighted by molar-refractivity contribution is 5.74. The van der Waals surface area contributed by atoms with Gasteiger partial charge in [0.25, 0.3) is 0 Å². The van der Waals surface area contributed by atoms with E-state index in [0.29, 0.717) is 6.54 Å². The molecule has 1 saturated heterocycles. The number of rotatable bonds is 7. The maximum atomic E-state index is 13.3. The first-order valence-electron chi connectivity index (χ1n) is 10.5. The molecule has 0 aromatic heterocycles. The van der Waals surface area contributed by atoms with Crippen LogP contribution in [-0.2, 0) is 13.1 Å². The number of halogens is 4. The number of hydrogen-bond donors (Lipinski definition) is 1. The van der Waals surface area contributed by atoms with Gasteiger partial charge in [-0.25, -0.2) is 9.18 Å². The number of benzene rings is 2. The van der Waals surface area contributed by atoms with Crippen LogP contribution in [0.4, 0.5) is 22.4 Å². The van der Waals surface area contributed by atoms with Crippen LogP contribution in [-0.4, -0.2) is 54.8 Å². The topological polar surface area (TPSA) is 44.8 Å². The number of urea groups is 1. The van der Waals surface area contributed by atoms with E-state index >= 15 is 0 Å². The average Bonchev–Trinajstić information content (AvgIpc) is 2.76. The Balaban J connectivity index is 1.60. The van der Waals surface area contributed by atoms with Gasteiger partial charge in [0, 0.05) is 19.1 Å². The minimum Gasteiger partial charge on any atom is -0.484 e. The minimum absolute atomic E-state index is 0.0643. The van der Waals surface area contributed by atoms with Crippen molar-refractivity contribution in [1.82, 2.24) is 15.1 Å². The average molecular weight is 453 g/mol. The molecule has 174 valence electrons. The molecule has 0 radical (unpaired) electrons. The lowest BCUT2D eigenvalue weighted by Gasteiger charge is -2.37. The normalized spacial score (nSPS) is 15.4.